The van der Waals surface area contributed by atoms with Crippen molar-refractivity contribution in [2.45, 2.75) is 32.4 Å². The molecule has 0 saturated heterocycles. The SMILES string of the molecule is CCC(C)(NCC(=O)N(C)Cc1ccc(Cl)s1)C(=O)O. The van der Waals surface area contributed by atoms with Crippen LogP contribution in [0.25, 0.3) is 0 Å². The van der Waals surface area contributed by atoms with Crippen LogP contribution in [0.3, 0.4) is 0 Å². The van der Waals surface area contributed by atoms with Crippen molar-refractivity contribution in [2.75, 3.05) is 13.6 Å². The van der Waals surface area contributed by atoms with Crippen molar-refractivity contribution in [1.29, 1.82) is 0 Å². The summed E-state index contributed by atoms with van der Waals surface area (Å²) >= 11 is 7.26. The number of nitrogens with zero attached hydrogens (tertiary/aromatic N) is 1. The zero-order valence-corrected chi connectivity index (χ0v) is 13.3. The predicted molar refractivity (Wildman–Crippen MR) is 80.1 cm³/mol. The first-order valence-corrected chi connectivity index (χ1v) is 7.44. The molecule has 1 rings (SSSR count). The minimum Gasteiger partial charge on any atom is -0.480 e. The van der Waals surface area contributed by atoms with Gasteiger partial charge >= 0.3 is 5.97 Å². The van der Waals surface area contributed by atoms with E-state index in [4.69, 9.17) is 16.7 Å². The molecule has 0 bridgehead atoms. The monoisotopic (exact) mass is 318 g/mol. The third kappa shape index (κ3) is 4.47. The Morgan fingerprint density at radius 3 is 2.60 bits per heavy atom. The van der Waals surface area contributed by atoms with Gasteiger partial charge in [0.1, 0.15) is 5.54 Å². The number of aliphatic carboxylic acids is 1. The lowest BCUT2D eigenvalue weighted by molar-refractivity contribution is -0.144. The van der Waals surface area contributed by atoms with E-state index in [2.05, 4.69) is 5.32 Å². The Hall–Kier alpha value is -1.11. The molecular formula is C13H19ClN2O3S. The van der Waals surface area contributed by atoms with Crippen molar-refractivity contribution in [3.8, 4) is 0 Å². The number of thiophene rings is 1. The smallest absolute Gasteiger partial charge is 0.323 e. The van der Waals surface area contributed by atoms with Gasteiger partial charge in [0.25, 0.3) is 0 Å². The minimum absolute atomic E-state index is 0.00769. The van der Waals surface area contributed by atoms with Crippen molar-refractivity contribution >= 4 is 34.8 Å². The van der Waals surface area contributed by atoms with Crippen molar-refractivity contribution in [1.82, 2.24) is 10.2 Å². The molecule has 20 heavy (non-hydrogen) atoms. The summed E-state index contributed by atoms with van der Waals surface area (Å²) < 4.78 is 0.684. The van der Waals surface area contributed by atoms with Crippen LogP contribution in [0.5, 0.6) is 0 Å². The summed E-state index contributed by atoms with van der Waals surface area (Å²) in [7, 11) is 1.68. The van der Waals surface area contributed by atoms with Gasteiger partial charge in [-0.2, -0.15) is 0 Å². The van der Waals surface area contributed by atoms with Crippen molar-refractivity contribution < 1.29 is 14.7 Å². The summed E-state index contributed by atoms with van der Waals surface area (Å²) in [6.45, 7) is 3.80. The van der Waals surface area contributed by atoms with Gasteiger partial charge < -0.3 is 10.0 Å². The molecule has 0 aliphatic heterocycles. The lowest BCUT2D eigenvalue weighted by atomic mass is 9.99. The van der Waals surface area contributed by atoms with Crippen LogP contribution in [0.1, 0.15) is 25.1 Å². The molecule has 1 aromatic heterocycles. The molecule has 0 fully saturated rings. The summed E-state index contributed by atoms with van der Waals surface area (Å²) in [5.74, 6) is -1.11. The number of amides is 1. The average molecular weight is 319 g/mol. The number of rotatable bonds is 7. The second-order valence-electron chi connectivity index (χ2n) is 4.80. The Bertz CT molecular complexity index is 492. The van der Waals surface area contributed by atoms with E-state index in [0.29, 0.717) is 17.3 Å². The summed E-state index contributed by atoms with van der Waals surface area (Å²) in [5, 5.41) is 11.9. The first-order valence-electron chi connectivity index (χ1n) is 6.25. The van der Waals surface area contributed by atoms with Gasteiger partial charge in [-0.25, -0.2) is 0 Å². The Labute approximate surface area is 127 Å². The highest BCUT2D eigenvalue weighted by molar-refractivity contribution is 7.16. The van der Waals surface area contributed by atoms with E-state index in [1.807, 2.05) is 6.07 Å². The fourth-order valence-corrected chi connectivity index (χ4v) is 2.66. The topological polar surface area (TPSA) is 69.6 Å². The first kappa shape index (κ1) is 16.9. The fourth-order valence-electron chi connectivity index (χ4n) is 1.52. The summed E-state index contributed by atoms with van der Waals surface area (Å²) in [5.41, 5.74) is -1.08. The molecule has 1 unspecified atom stereocenters. The number of carbonyl (C=O) groups excluding carboxylic acids is 1. The molecule has 1 atom stereocenters. The van der Waals surface area contributed by atoms with Gasteiger partial charge in [0.2, 0.25) is 5.91 Å². The van der Waals surface area contributed by atoms with E-state index in [-0.39, 0.29) is 12.5 Å². The molecular weight excluding hydrogens is 300 g/mol. The van der Waals surface area contributed by atoms with Gasteiger partial charge in [-0.05, 0) is 25.5 Å². The predicted octanol–water partition coefficient (Wildman–Crippen LogP) is 2.20. The Kier molecular flexibility index (Phi) is 5.98. The van der Waals surface area contributed by atoms with E-state index in [9.17, 15) is 9.59 Å². The number of nitrogens with one attached hydrogen (secondary N) is 1. The van der Waals surface area contributed by atoms with Crippen LogP contribution < -0.4 is 5.32 Å². The molecule has 1 amide bonds. The first-order chi connectivity index (χ1) is 9.28. The molecule has 0 spiro atoms. The maximum absolute atomic E-state index is 12.0. The van der Waals surface area contributed by atoms with E-state index in [0.717, 1.165) is 4.88 Å². The number of hydrogen-bond acceptors (Lipinski definition) is 4. The molecule has 1 aromatic rings. The largest absolute Gasteiger partial charge is 0.480 e. The standard InChI is InChI=1S/C13H19ClN2O3S/c1-4-13(2,12(18)19)15-7-11(17)16(3)8-9-5-6-10(14)20-9/h5-6,15H,4,7-8H2,1-3H3,(H,18,19). The number of likely N-dealkylation sites (N-methyl/N-ethyl adjacent to an activating group) is 1. The van der Waals surface area contributed by atoms with Gasteiger partial charge in [-0.3, -0.25) is 14.9 Å². The van der Waals surface area contributed by atoms with Crippen LogP contribution in [0.15, 0.2) is 12.1 Å². The molecule has 112 valence electrons. The van der Waals surface area contributed by atoms with Gasteiger partial charge in [0.05, 0.1) is 17.4 Å². The quantitative estimate of drug-likeness (QED) is 0.808. The van der Waals surface area contributed by atoms with Crippen LogP contribution >= 0.6 is 22.9 Å². The third-order valence-electron chi connectivity index (χ3n) is 3.26. The van der Waals surface area contributed by atoms with Gasteiger partial charge in [0, 0.05) is 11.9 Å². The molecule has 7 heteroatoms. The Morgan fingerprint density at radius 2 is 2.15 bits per heavy atom. The van der Waals surface area contributed by atoms with Gasteiger partial charge in [-0.1, -0.05) is 18.5 Å². The molecule has 5 nitrogen and oxygen atoms in total. The van der Waals surface area contributed by atoms with Crippen LogP contribution in [-0.2, 0) is 16.1 Å². The van der Waals surface area contributed by atoms with Crippen molar-refractivity contribution in [3.05, 3.63) is 21.3 Å². The highest BCUT2D eigenvalue weighted by atomic mass is 35.5. The minimum atomic E-state index is -1.08. The zero-order valence-electron chi connectivity index (χ0n) is 11.8. The van der Waals surface area contributed by atoms with Gasteiger partial charge in [-0.15, -0.1) is 11.3 Å². The van der Waals surface area contributed by atoms with E-state index >= 15 is 0 Å². The van der Waals surface area contributed by atoms with E-state index < -0.39 is 11.5 Å². The van der Waals surface area contributed by atoms with Crippen LogP contribution in [-0.4, -0.2) is 41.0 Å². The van der Waals surface area contributed by atoms with Crippen LogP contribution in [0.2, 0.25) is 4.34 Å². The molecule has 2 N–H and O–H groups in total. The number of carboxylic acids is 1. The normalized spacial score (nSPS) is 13.8. The number of carboxylic acid groups (broad SMARTS) is 1. The highest BCUT2D eigenvalue weighted by Gasteiger charge is 2.31. The highest BCUT2D eigenvalue weighted by Crippen LogP contribution is 2.22. The second kappa shape index (κ2) is 7.06. The fraction of sp³-hybridized carbons (Fsp3) is 0.538. The maximum Gasteiger partial charge on any atom is 0.323 e. The summed E-state index contributed by atoms with van der Waals surface area (Å²) in [6.07, 6.45) is 0.403. The second-order valence-corrected chi connectivity index (χ2v) is 6.60. The summed E-state index contributed by atoms with van der Waals surface area (Å²) in [4.78, 5) is 25.6. The molecule has 0 radical (unpaired) electrons. The number of carbonyl (C=O) groups is 2. The summed E-state index contributed by atoms with van der Waals surface area (Å²) in [6, 6.07) is 3.66. The van der Waals surface area contributed by atoms with Crippen molar-refractivity contribution in [2.24, 2.45) is 0 Å². The lowest BCUT2D eigenvalue weighted by Crippen LogP contribution is -2.52. The molecule has 0 saturated carbocycles. The molecule has 0 aromatic carbocycles. The Morgan fingerprint density at radius 1 is 1.50 bits per heavy atom. The lowest BCUT2D eigenvalue weighted by Gasteiger charge is -2.26. The average Bonchev–Trinajstić information content (AvgIpc) is 2.80. The molecule has 1 heterocycles. The molecule has 0 aliphatic carbocycles. The Balaban J connectivity index is 2.52. The maximum atomic E-state index is 12.0. The number of hydrogen-bond donors (Lipinski definition) is 2. The number of halogens is 1. The molecule has 0 aliphatic rings. The zero-order chi connectivity index (χ0) is 15.3. The van der Waals surface area contributed by atoms with Crippen molar-refractivity contribution in [3.63, 3.8) is 0 Å². The van der Waals surface area contributed by atoms with Crippen LogP contribution in [0.4, 0.5) is 0 Å². The van der Waals surface area contributed by atoms with E-state index in [1.54, 1.807) is 31.9 Å². The van der Waals surface area contributed by atoms with Gasteiger partial charge in [0.15, 0.2) is 0 Å². The van der Waals surface area contributed by atoms with E-state index in [1.165, 1.54) is 11.3 Å². The third-order valence-corrected chi connectivity index (χ3v) is 4.47. The van der Waals surface area contributed by atoms with Crippen LogP contribution in [0, 0.1) is 0 Å².